The molecule has 4 atom stereocenters. The SMILES string of the molecule is CCOC(=O)CSC1NC(c2ccc([N+](=O)[O-])cc2)NC2C1C(=O)N(C)C(=O)N2C. The van der Waals surface area contributed by atoms with E-state index in [0.717, 1.165) is 4.90 Å². The van der Waals surface area contributed by atoms with Crippen LogP contribution >= 0.6 is 11.8 Å². The third-order valence-electron chi connectivity index (χ3n) is 5.08. The largest absolute Gasteiger partial charge is 0.465 e. The first-order valence-electron chi connectivity index (χ1n) is 9.32. The van der Waals surface area contributed by atoms with Crippen LogP contribution in [0.5, 0.6) is 0 Å². The summed E-state index contributed by atoms with van der Waals surface area (Å²) >= 11 is 1.23. The second-order valence-corrected chi connectivity index (χ2v) is 8.04. The predicted molar refractivity (Wildman–Crippen MR) is 108 cm³/mol. The van der Waals surface area contributed by atoms with Crippen molar-refractivity contribution in [2.75, 3.05) is 26.5 Å². The molecule has 0 saturated carbocycles. The highest BCUT2D eigenvalue weighted by atomic mass is 32.2. The Morgan fingerprint density at radius 3 is 2.50 bits per heavy atom. The monoisotopic (exact) mass is 437 g/mol. The number of hydrogen-bond donors (Lipinski definition) is 2. The molecule has 2 saturated heterocycles. The van der Waals surface area contributed by atoms with Crippen molar-refractivity contribution in [1.29, 1.82) is 0 Å². The van der Waals surface area contributed by atoms with Crippen LogP contribution < -0.4 is 10.6 Å². The lowest BCUT2D eigenvalue weighted by Crippen LogP contribution is -2.72. The molecule has 2 aliphatic heterocycles. The van der Waals surface area contributed by atoms with Crippen molar-refractivity contribution in [3.05, 3.63) is 39.9 Å². The molecule has 1 aromatic rings. The molecule has 2 N–H and O–H groups in total. The number of nitrogens with zero attached hydrogens (tertiary/aromatic N) is 3. The Hall–Kier alpha value is -2.70. The molecule has 0 aliphatic carbocycles. The van der Waals surface area contributed by atoms with Gasteiger partial charge in [-0.3, -0.25) is 35.2 Å². The van der Waals surface area contributed by atoms with E-state index in [-0.39, 0.29) is 24.0 Å². The van der Waals surface area contributed by atoms with Gasteiger partial charge in [-0.15, -0.1) is 11.8 Å². The van der Waals surface area contributed by atoms with Crippen LogP contribution in [-0.2, 0) is 14.3 Å². The van der Waals surface area contributed by atoms with Gasteiger partial charge in [-0.1, -0.05) is 0 Å². The number of nitro groups is 1. The van der Waals surface area contributed by atoms with Crippen molar-refractivity contribution >= 4 is 35.4 Å². The van der Waals surface area contributed by atoms with Gasteiger partial charge in [-0.25, -0.2) is 4.79 Å². The molecule has 12 heteroatoms. The molecule has 2 aliphatic rings. The van der Waals surface area contributed by atoms with Gasteiger partial charge in [-0.05, 0) is 24.6 Å². The third kappa shape index (κ3) is 4.25. The first kappa shape index (κ1) is 22.0. The van der Waals surface area contributed by atoms with Gasteiger partial charge in [0, 0.05) is 26.2 Å². The van der Waals surface area contributed by atoms with Crippen molar-refractivity contribution in [3.8, 4) is 0 Å². The van der Waals surface area contributed by atoms with Crippen LogP contribution in [0.25, 0.3) is 0 Å². The zero-order valence-electron chi connectivity index (χ0n) is 16.7. The Balaban J connectivity index is 1.87. The fourth-order valence-corrected chi connectivity index (χ4v) is 4.64. The summed E-state index contributed by atoms with van der Waals surface area (Å²) in [5.41, 5.74) is 0.662. The summed E-state index contributed by atoms with van der Waals surface area (Å²) in [6.45, 7) is 1.97. The number of benzene rings is 1. The number of rotatable bonds is 6. The van der Waals surface area contributed by atoms with Crippen molar-refractivity contribution in [2.24, 2.45) is 5.92 Å². The highest BCUT2D eigenvalue weighted by molar-refractivity contribution is 8.00. The van der Waals surface area contributed by atoms with Crippen LogP contribution in [0.3, 0.4) is 0 Å². The average Bonchev–Trinajstić information content (AvgIpc) is 2.74. The van der Waals surface area contributed by atoms with Gasteiger partial charge in [-0.2, -0.15) is 0 Å². The average molecular weight is 437 g/mol. The highest BCUT2D eigenvalue weighted by Crippen LogP contribution is 2.34. The summed E-state index contributed by atoms with van der Waals surface area (Å²) in [4.78, 5) is 50.1. The van der Waals surface area contributed by atoms with Gasteiger partial charge in [0.15, 0.2) is 0 Å². The maximum Gasteiger partial charge on any atom is 0.327 e. The van der Waals surface area contributed by atoms with Crippen molar-refractivity contribution < 1.29 is 24.0 Å². The van der Waals surface area contributed by atoms with E-state index < -0.39 is 40.5 Å². The smallest absolute Gasteiger partial charge is 0.327 e. The van der Waals surface area contributed by atoms with E-state index in [0.29, 0.717) is 5.56 Å². The molecule has 0 bridgehead atoms. The lowest BCUT2D eigenvalue weighted by molar-refractivity contribution is -0.384. The quantitative estimate of drug-likeness (QED) is 0.378. The van der Waals surface area contributed by atoms with E-state index >= 15 is 0 Å². The molecule has 11 nitrogen and oxygen atoms in total. The Morgan fingerprint density at radius 1 is 1.23 bits per heavy atom. The standard InChI is InChI=1S/C18H23N5O6S/c1-4-29-12(24)9-30-16-13-15(21(2)18(26)22(3)17(13)25)19-14(20-16)10-5-7-11(8-6-10)23(27)28/h5-8,13-16,19-20H,4,9H2,1-3H3. The topological polar surface area (TPSA) is 134 Å². The first-order chi connectivity index (χ1) is 14.2. The minimum atomic E-state index is -0.633. The maximum absolute atomic E-state index is 12.9. The fraction of sp³-hybridized carbons (Fsp3) is 0.500. The Labute approximate surface area is 177 Å². The van der Waals surface area contributed by atoms with Gasteiger partial charge in [0.05, 0.1) is 40.9 Å². The van der Waals surface area contributed by atoms with Crippen LogP contribution in [0.1, 0.15) is 18.7 Å². The number of nitro benzene ring substituents is 1. The van der Waals surface area contributed by atoms with E-state index in [2.05, 4.69) is 10.6 Å². The molecule has 0 radical (unpaired) electrons. The zero-order valence-corrected chi connectivity index (χ0v) is 17.5. The van der Waals surface area contributed by atoms with Crippen LogP contribution in [0.15, 0.2) is 24.3 Å². The Bertz CT molecular complexity index is 850. The van der Waals surface area contributed by atoms with Gasteiger partial charge < -0.3 is 9.64 Å². The van der Waals surface area contributed by atoms with E-state index in [4.69, 9.17) is 4.74 Å². The molecular formula is C18H23N5O6S. The second kappa shape index (κ2) is 8.98. The van der Waals surface area contributed by atoms with E-state index in [1.54, 1.807) is 26.1 Å². The fourth-order valence-electron chi connectivity index (χ4n) is 3.54. The maximum atomic E-state index is 12.9. The van der Waals surface area contributed by atoms with Crippen molar-refractivity contribution in [3.63, 3.8) is 0 Å². The molecule has 30 heavy (non-hydrogen) atoms. The second-order valence-electron chi connectivity index (χ2n) is 6.91. The summed E-state index contributed by atoms with van der Waals surface area (Å²) in [6.07, 6.45) is -1.10. The van der Waals surface area contributed by atoms with E-state index in [9.17, 15) is 24.5 Å². The third-order valence-corrected chi connectivity index (χ3v) is 6.27. The molecule has 4 unspecified atom stereocenters. The number of thioether (sulfide) groups is 1. The molecule has 3 amide bonds. The lowest BCUT2D eigenvalue weighted by atomic mass is 9.96. The van der Waals surface area contributed by atoms with Gasteiger partial charge >= 0.3 is 12.0 Å². The number of fused-ring (bicyclic) bond motifs is 1. The minimum absolute atomic E-state index is 0.0381. The number of amides is 3. The minimum Gasteiger partial charge on any atom is -0.465 e. The number of imide groups is 1. The molecule has 1 aromatic carbocycles. The Kier molecular flexibility index (Phi) is 6.58. The molecule has 2 heterocycles. The number of non-ortho nitro benzene ring substituents is 1. The molecule has 0 spiro atoms. The number of nitrogens with one attached hydrogen (secondary N) is 2. The summed E-state index contributed by atoms with van der Waals surface area (Å²) in [5, 5.41) is 17.0. The molecule has 0 aromatic heterocycles. The number of carbonyl (C=O) groups excluding carboxylic acids is 3. The number of urea groups is 1. The van der Waals surface area contributed by atoms with Crippen LogP contribution in [0.4, 0.5) is 10.5 Å². The van der Waals surface area contributed by atoms with Crippen molar-refractivity contribution in [1.82, 2.24) is 20.4 Å². The van der Waals surface area contributed by atoms with Crippen LogP contribution in [0.2, 0.25) is 0 Å². The predicted octanol–water partition coefficient (Wildman–Crippen LogP) is 0.875. The van der Waals surface area contributed by atoms with Gasteiger partial charge in [0.2, 0.25) is 5.91 Å². The molecule has 2 fully saturated rings. The number of esters is 1. The summed E-state index contributed by atoms with van der Waals surface area (Å²) < 4.78 is 4.98. The first-order valence-corrected chi connectivity index (χ1v) is 10.4. The van der Waals surface area contributed by atoms with Gasteiger partial charge in [0.1, 0.15) is 0 Å². The highest BCUT2D eigenvalue weighted by Gasteiger charge is 2.51. The normalized spacial score (nSPS) is 26.4. The van der Waals surface area contributed by atoms with Gasteiger partial charge in [0.25, 0.3) is 5.69 Å². The summed E-state index contributed by atoms with van der Waals surface area (Å²) in [7, 11) is 3.02. The molecule has 3 rings (SSSR count). The van der Waals surface area contributed by atoms with E-state index in [1.165, 1.54) is 35.8 Å². The molecule has 162 valence electrons. The summed E-state index contributed by atoms with van der Waals surface area (Å²) in [5.74, 6) is -1.35. The van der Waals surface area contributed by atoms with Crippen LogP contribution in [0, 0.1) is 16.0 Å². The number of ether oxygens (including phenoxy) is 1. The number of hydrogen-bond acceptors (Lipinski definition) is 9. The van der Waals surface area contributed by atoms with Crippen molar-refractivity contribution in [2.45, 2.75) is 24.6 Å². The molecular weight excluding hydrogens is 414 g/mol. The van der Waals surface area contributed by atoms with Crippen LogP contribution in [-0.4, -0.2) is 70.6 Å². The zero-order chi connectivity index (χ0) is 22.0. The number of carbonyl (C=O) groups is 3. The lowest BCUT2D eigenvalue weighted by Gasteiger charge is -2.50. The summed E-state index contributed by atoms with van der Waals surface area (Å²) in [6, 6.07) is 5.55. The Morgan fingerprint density at radius 2 is 1.90 bits per heavy atom. The van der Waals surface area contributed by atoms with E-state index in [1.807, 2.05) is 0 Å².